The quantitative estimate of drug-likeness (QED) is 0.675. The number of rotatable bonds is 7. The largest absolute Gasteiger partial charge is 0.480 e. The second-order valence-corrected chi connectivity index (χ2v) is 4.92. The first-order chi connectivity index (χ1) is 10.6. The number of hydrogen-bond donors (Lipinski definition) is 3. The SMILES string of the molecule is CCC[C@H](NC(=O)c1cnn2cc(CCO)cnc12)C(=O)O. The number of aliphatic hydroxyl groups is 1. The van der Waals surface area contributed by atoms with Crippen molar-refractivity contribution < 1.29 is 19.8 Å². The van der Waals surface area contributed by atoms with Gasteiger partial charge in [0.05, 0.1) is 6.20 Å². The van der Waals surface area contributed by atoms with Crippen LogP contribution in [-0.2, 0) is 11.2 Å². The van der Waals surface area contributed by atoms with Crippen molar-refractivity contribution in [1.82, 2.24) is 19.9 Å². The Bertz CT molecular complexity index is 683. The fourth-order valence-corrected chi connectivity index (χ4v) is 2.11. The van der Waals surface area contributed by atoms with Gasteiger partial charge < -0.3 is 15.5 Å². The highest BCUT2D eigenvalue weighted by atomic mass is 16.4. The highest BCUT2D eigenvalue weighted by molar-refractivity contribution is 6.01. The number of carbonyl (C=O) groups excluding carboxylic acids is 1. The average molecular weight is 306 g/mol. The lowest BCUT2D eigenvalue weighted by molar-refractivity contribution is -0.139. The van der Waals surface area contributed by atoms with E-state index in [-0.39, 0.29) is 12.2 Å². The monoisotopic (exact) mass is 306 g/mol. The molecular weight excluding hydrogens is 288 g/mol. The number of carboxylic acids is 1. The van der Waals surface area contributed by atoms with Crippen LogP contribution >= 0.6 is 0 Å². The van der Waals surface area contributed by atoms with Crippen molar-refractivity contribution in [3.63, 3.8) is 0 Å². The highest BCUT2D eigenvalue weighted by Gasteiger charge is 2.22. The van der Waals surface area contributed by atoms with Crippen molar-refractivity contribution >= 4 is 17.5 Å². The minimum absolute atomic E-state index is 0.000885. The number of carbonyl (C=O) groups is 2. The molecule has 118 valence electrons. The van der Waals surface area contributed by atoms with Crippen LogP contribution in [0, 0.1) is 0 Å². The van der Waals surface area contributed by atoms with Gasteiger partial charge in [0.15, 0.2) is 5.65 Å². The molecule has 0 aliphatic heterocycles. The van der Waals surface area contributed by atoms with E-state index in [9.17, 15) is 9.59 Å². The summed E-state index contributed by atoms with van der Waals surface area (Å²) in [7, 11) is 0. The van der Waals surface area contributed by atoms with E-state index in [4.69, 9.17) is 10.2 Å². The predicted molar refractivity (Wildman–Crippen MR) is 77.6 cm³/mol. The van der Waals surface area contributed by atoms with Crippen LogP contribution in [0.2, 0.25) is 0 Å². The third kappa shape index (κ3) is 3.40. The first kappa shape index (κ1) is 15.9. The third-order valence-electron chi connectivity index (χ3n) is 3.24. The number of aliphatic carboxylic acids is 1. The number of aliphatic hydroxyl groups excluding tert-OH is 1. The molecule has 0 aromatic carbocycles. The Morgan fingerprint density at radius 1 is 1.41 bits per heavy atom. The maximum Gasteiger partial charge on any atom is 0.326 e. The highest BCUT2D eigenvalue weighted by Crippen LogP contribution is 2.10. The first-order valence-electron chi connectivity index (χ1n) is 7.03. The van der Waals surface area contributed by atoms with E-state index in [1.807, 2.05) is 6.92 Å². The molecule has 0 bridgehead atoms. The molecule has 8 heteroatoms. The van der Waals surface area contributed by atoms with Gasteiger partial charge in [-0.05, 0) is 18.4 Å². The lowest BCUT2D eigenvalue weighted by Crippen LogP contribution is -2.40. The summed E-state index contributed by atoms with van der Waals surface area (Å²) in [6.45, 7) is 1.85. The summed E-state index contributed by atoms with van der Waals surface area (Å²) < 4.78 is 1.44. The van der Waals surface area contributed by atoms with Crippen molar-refractivity contribution in [3.8, 4) is 0 Å². The molecule has 0 fully saturated rings. The molecule has 0 spiro atoms. The van der Waals surface area contributed by atoms with Crippen molar-refractivity contribution in [2.45, 2.75) is 32.2 Å². The van der Waals surface area contributed by atoms with Gasteiger partial charge in [-0.15, -0.1) is 0 Å². The molecule has 0 aliphatic carbocycles. The number of nitrogens with one attached hydrogen (secondary N) is 1. The molecular formula is C14H18N4O4. The Kier molecular flexibility index (Phi) is 5.05. The normalized spacial score (nSPS) is 12.3. The summed E-state index contributed by atoms with van der Waals surface area (Å²) in [5.74, 6) is -1.58. The molecule has 1 atom stereocenters. The summed E-state index contributed by atoms with van der Waals surface area (Å²) in [6, 6.07) is -0.930. The molecule has 3 N–H and O–H groups in total. The zero-order valence-corrected chi connectivity index (χ0v) is 12.2. The van der Waals surface area contributed by atoms with Gasteiger partial charge in [-0.1, -0.05) is 13.3 Å². The molecule has 2 rings (SSSR count). The van der Waals surface area contributed by atoms with Crippen LogP contribution in [0.25, 0.3) is 5.65 Å². The van der Waals surface area contributed by atoms with Gasteiger partial charge in [0.2, 0.25) is 0 Å². The topological polar surface area (TPSA) is 117 Å². The summed E-state index contributed by atoms with van der Waals surface area (Å²) in [6.07, 6.45) is 6.04. The van der Waals surface area contributed by atoms with E-state index >= 15 is 0 Å². The summed E-state index contributed by atoms with van der Waals surface area (Å²) in [5.41, 5.74) is 1.36. The third-order valence-corrected chi connectivity index (χ3v) is 3.24. The number of hydrogen-bond acceptors (Lipinski definition) is 5. The fourth-order valence-electron chi connectivity index (χ4n) is 2.11. The second-order valence-electron chi connectivity index (χ2n) is 4.92. The van der Waals surface area contributed by atoms with Gasteiger partial charge in [-0.2, -0.15) is 5.10 Å². The number of carboxylic acid groups (broad SMARTS) is 1. The molecule has 2 aromatic rings. The number of amides is 1. The van der Waals surface area contributed by atoms with Crippen molar-refractivity contribution in [2.75, 3.05) is 6.61 Å². The van der Waals surface area contributed by atoms with Crippen LogP contribution in [-0.4, -0.2) is 49.3 Å². The molecule has 2 heterocycles. The van der Waals surface area contributed by atoms with E-state index in [1.54, 1.807) is 12.4 Å². The molecule has 22 heavy (non-hydrogen) atoms. The van der Waals surface area contributed by atoms with Crippen molar-refractivity contribution in [1.29, 1.82) is 0 Å². The Morgan fingerprint density at radius 2 is 2.18 bits per heavy atom. The van der Waals surface area contributed by atoms with Crippen LogP contribution in [0.15, 0.2) is 18.6 Å². The van der Waals surface area contributed by atoms with Gasteiger partial charge in [0.1, 0.15) is 11.6 Å². The van der Waals surface area contributed by atoms with E-state index in [1.165, 1.54) is 10.7 Å². The van der Waals surface area contributed by atoms with E-state index < -0.39 is 17.9 Å². The minimum Gasteiger partial charge on any atom is -0.480 e. The molecule has 1 amide bonds. The zero-order chi connectivity index (χ0) is 16.1. The Morgan fingerprint density at radius 3 is 2.82 bits per heavy atom. The fraction of sp³-hybridized carbons (Fsp3) is 0.429. The molecule has 0 saturated heterocycles. The summed E-state index contributed by atoms with van der Waals surface area (Å²) >= 11 is 0. The average Bonchev–Trinajstić information content (AvgIpc) is 2.90. The van der Waals surface area contributed by atoms with Crippen molar-refractivity contribution in [3.05, 3.63) is 29.7 Å². The summed E-state index contributed by atoms with van der Waals surface area (Å²) in [4.78, 5) is 27.5. The predicted octanol–water partition coefficient (Wildman–Crippen LogP) is 0.247. The Hall–Kier alpha value is -2.48. The smallest absolute Gasteiger partial charge is 0.326 e. The van der Waals surface area contributed by atoms with Gasteiger partial charge in [0, 0.05) is 19.0 Å². The van der Waals surface area contributed by atoms with Crippen LogP contribution in [0.4, 0.5) is 0 Å². The number of fused-ring (bicyclic) bond motifs is 1. The number of aromatic nitrogens is 3. The zero-order valence-electron chi connectivity index (χ0n) is 12.2. The lowest BCUT2D eigenvalue weighted by atomic mass is 10.1. The standard InChI is InChI=1S/C14H18N4O4/c1-2-3-11(14(21)22)17-13(20)10-7-16-18-8-9(4-5-19)6-15-12(10)18/h6-8,11,19H,2-5H2,1H3,(H,17,20)(H,21,22)/t11-/m0/s1. The first-order valence-corrected chi connectivity index (χ1v) is 7.03. The maximum atomic E-state index is 12.2. The van der Waals surface area contributed by atoms with Crippen LogP contribution in [0.3, 0.4) is 0 Å². The van der Waals surface area contributed by atoms with E-state index in [0.29, 0.717) is 24.9 Å². The van der Waals surface area contributed by atoms with Crippen LogP contribution < -0.4 is 5.32 Å². The Balaban J connectivity index is 2.23. The molecule has 0 saturated carbocycles. The second kappa shape index (κ2) is 6.99. The molecule has 0 aliphatic rings. The lowest BCUT2D eigenvalue weighted by Gasteiger charge is -2.12. The minimum atomic E-state index is -1.06. The number of nitrogens with zero attached hydrogens (tertiary/aromatic N) is 3. The van der Waals surface area contributed by atoms with Gasteiger partial charge in [0.25, 0.3) is 5.91 Å². The van der Waals surface area contributed by atoms with E-state index in [0.717, 1.165) is 5.56 Å². The molecule has 2 aromatic heterocycles. The van der Waals surface area contributed by atoms with Gasteiger partial charge in [-0.25, -0.2) is 14.3 Å². The summed E-state index contributed by atoms with van der Waals surface area (Å²) in [5, 5.41) is 24.5. The van der Waals surface area contributed by atoms with Gasteiger partial charge in [-0.3, -0.25) is 4.79 Å². The van der Waals surface area contributed by atoms with Crippen LogP contribution in [0.5, 0.6) is 0 Å². The Labute approximate surface area is 126 Å². The molecule has 8 nitrogen and oxygen atoms in total. The molecule has 0 radical (unpaired) electrons. The van der Waals surface area contributed by atoms with E-state index in [2.05, 4.69) is 15.4 Å². The van der Waals surface area contributed by atoms with Crippen molar-refractivity contribution in [2.24, 2.45) is 0 Å². The van der Waals surface area contributed by atoms with Crippen LogP contribution in [0.1, 0.15) is 35.7 Å². The van der Waals surface area contributed by atoms with Gasteiger partial charge >= 0.3 is 5.97 Å². The molecule has 0 unspecified atom stereocenters. The maximum absolute atomic E-state index is 12.2.